The summed E-state index contributed by atoms with van der Waals surface area (Å²) >= 11 is 0. The largest absolute Gasteiger partial charge is 0.469 e. The molecule has 0 bridgehead atoms. The van der Waals surface area contributed by atoms with Gasteiger partial charge >= 0.3 is 0 Å². The summed E-state index contributed by atoms with van der Waals surface area (Å²) in [4.78, 5) is 4.89. The lowest BCUT2D eigenvalue weighted by Crippen LogP contribution is -2.05. The summed E-state index contributed by atoms with van der Waals surface area (Å²) in [5.74, 6) is 0.758. The molecule has 4 aromatic rings. The van der Waals surface area contributed by atoms with Crippen molar-refractivity contribution < 1.29 is 4.74 Å². The summed E-state index contributed by atoms with van der Waals surface area (Å²) in [6, 6.07) is 31.5. The van der Waals surface area contributed by atoms with Gasteiger partial charge in [0, 0.05) is 17.5 Å². The molecule has 0 fully saturated rings. The lowest BCUT2D eigenvalue weighted by Gasteiger charge is -2.13. The van der Waals surface area contributed by atoms with Crippen LogP contribution in [0.3, 0.4) is 0 Å². The summed E-state index contributed by atoms with van der Waals surface area (Å²) in [5, 5.41) is 0. The molecule has 0 saturated heterocycles. The first-order valence-electron chi connectivity index (χ1n) is 9.66. The van der Waals surface area contributed by atoms with Gasteiger partial charge in [0.2, 0.25) is 5.88 Å². The van der Waals surface area contributed by atoms with Gasteiger partial charge < -0.3 is 4.74 Å². The summed E-state index contributed by atoms with van der Waals surface area (Å²) in [6.07, 6.45) is 0.851. The molecular weight excluding hydrogens is 342 g/mol. The van der Waals surface area contributed by atoms with Gasteiger partial charge in [0.05, 0.1) is 5.69 Å². The quantitative estimate of drug-likeness (QED) is 0.420. The molecule has 3 aromatic carbocycles. The van der Waals surface area contributed by atoms with Crippen LogP contribution in [0.25, 0.3) is 22.4 Å². The van der Waals surface area contributed by atoms with Gasteiger partial charge in [-0.3, -0.25) is 0 Å². The van der Waals surface area contributed by atoms with Crippen LogP contribution in [0, 0.1) is 6.92 Å². The molecular formula is C26H21NO. The fraction of sp³-hybridized carbons (Fsp3) is 0.115. The van der Waals surface area contributed by atoms with Crippen LogP contribution in [0.1, 0.15) is 22.8 Å². The number of ether oxygens (including phenoxy) is 1. The fourth-order valence-electron chi connectivity index (χ4n) is 3.96. The molecule has 1 aliphatic rings. The third-order valence-corrected chi connectivity index (χ3v) is 5.42. The topological polar surface area (TPSA) is 22.1 Å². The Morgan fingerprint density at radius 2 is 1.43 bits per heavy atom. The zero-order valence-electron chi connectivity index (χ0n) is 15.8. The molecule has 0 N–H and O–H groups in total. The minimum atomic E-state index is 0.0113. The molecule has 0 aliphatic carbocycles. The van der Waals surface area contributed by atoms with Crippen LogP contribution in [0.2, 0.25) is 0 Å². The normalized spacial score (nSPS) is 15.1. The number of hydrogen-bond acceptors (Lipinski definition) is 2. The molecule has 2 heteroatoms. The number of aromatic nitrogens is 1. The summed E-state index contributed by atoms with van der Waals surface area (Å²) in [5.41, 5.74) is 8.15. The van der Waals surface area contributed by atoms with Gasteiger partial charge in [-0.25, -0.2) is 4.98 Å². The highest BCUT2D eigenvalue weighted by Crippen LogP contribution is 2.43. The third-order valence-electron chi connectivity index (χ3n) is 5.42. The van der Waals surface area contributed by atoms with E-state index in [4.69, 9.17) is 9.72 Å². The molecule has 2 nitrogen and oxygen atoms in total. The van der Waals surface area contributed by atoms with Crippen molar-refractivity contribution in [3.63, 3.8) is 0 Å². The molecule has 1 unspecified atom stereocenters. The van der Waals surface area contributed by atoms with Crippen LogP contribution in [0.4, 0.5) is 0 Å². The van der Waals surface area contributed by atoms with Gasteiger partial charge in [0.1, 0.15) is 6.10 Å². The second-order valence-corrected chi connectivity index (χ2v) is 7.24. The minimum absolute atomic E-state index is 0.0113. The van der Waals surface area contributed by atoms with Crippen LogP contribution in [-0.2, 0) is 6.42 Å². The molecule has 0 radical (unpaired) electrons. The van der Waals surface area contributed by atoms with Crippen molar-refractivity contribution in [3.05, 3.63) is 108 Å². The lowest BCUT2D eigenvalue weighted by atomic mass is 9.94. The number of nitrogens with zero attached hydrogens (tertiary/aromatic N) is 1. The van der Waals surface area contributed by atoms with Crippen LogP contribution < -0.4 is 4.74 Å². The summed E-state index contributed by atoms with van der Waals surface area (Å²) in [7, 11) is 0. The first-order chi connectivity index (χ1) is 13.8. The minimum Gasteiger partial charge on any atom is -0.469 e. The molecule has 136 valence electrons. The van der Waals surface area contributed by atoms with Crippen LogP contribution in [0.15, 0.2) is 91.0 Å². The van der Waals surface area contributed by atoms with Gasteiger partial charge in [-0.2, -0.15) is 0 Å². The zero-order valence-corrected chi connectivity index (χ0v) is 15.8. The molecule has 5 rings (SSSR count). The first kappa shape index (κ1) is 16.8. The Labute approximate surface area is 165 Å². The zero-order chi connectivity index (χ0) is 18.9. The fourth-order valence-corrected chi connectivity index (χ4v) is 3.96. The van der Waals surface area contributed by atoms with E-state index >= 15 is 0 Å². The van der Waals surface area contributed by atoms with Crippen molar-refractivity contribution in [2.75, 3.05) is 0 Å². The Kier molecular flexibility index (Phi) is 4.17. The predicted octanol–water partition coefficient (Wildman–Crippen LogP) is 6.40. The molecule has 1 aliphatic heterocycles. The van der Waals surface area contributed by atoms with E-state index in [9.17, 15) is 0 Å². The average molecular weight is 363 g/mol. The molecule has 0 amide bonds. The van der Waals surface area contributed by atoms with E-state index in [-0.39, 0.29) is 6.10 Å². The summed E-state index contributed by atoms with van der Waals surface area (Å²) in [6.45, 7) is 2.14. The van der Waals surface area contributed by atoms with Crippen molar-refractivity contribution >= 4 is 0 Å². The van der Waals surface area contributed by atoms with Crippen molar-refractivity contribution in [2.45, 2.75) is 19.4 Å². The first-order valence-corrected chi connectivity index (χ1v) is 9.66. The average Bonchev–Trinajstić information content (AvgIpc) is 3.18. The Bertz CT molecular complexity index is 1120. The van der Waals surface area contributed by atoms with Crippen LogP contribution in [-0.4, -0.2) is 4.98 Å². The van der Waals surface area contributed by atoms with E-state index in [1.807, 2.05) is 18.2 Å². The number of hydrogen-bond donors (Lipinski definition) is 0. The summed E-state index contributed by atoms with van der Waals surface area (Å²) < 4.78 is 6.39. The maximum Gasteiger partial charge on any atom is 0.218 e. The van der Waals surface area contributed by atoms with E-state index < -0.39 is 0 Å². The van der Waals surface area contributed by atoms with E-state index in [2.05, 4.69) is 79.7 Å². The van der Waals surface area contributed by atoms with Crippen LogP contribution in [0.5, 0.6) is 5.88 Å². The number of benzene rings is 3. The van der Waals surface area contributed by atoms with Gasteiger partial charge in [-0.1, -0.05) is 84.9 Å². The number of fused-ring (bicyclic) bond motifs is 1. The van der Waals surface area contributed by atoms with Gasteiger partial charge in [-0.15, -0.1) is 0 Å². The Balaban J connectivity index is 1.65. The Morgan fingerprint density at radius 3 is 2.14 bits per heavy atom. The predicted molar refractivity (Wildman–Crippen MR) is 113 cm³/mol. The molecule has 1 atom stereocenters. The molecule has 0 saturated carbocycles. The second-order valence-electron chi connectivity index (χ2n) is 7.24. The van der Waals surface area contributed by atoms with Crippen molar-refractivity contribution in [1.82, 2.24) is 4.98 Å². The maximum absolute atomic E-state index is 6.39. The van der Waals surface area contributed by atoms with E-state index in [1.165, 1.54) is 27.8 Å². The number of aryl methyl sites for hydroxylation is 1. The molecule has 0 spiro atoms. The highest BCUT2D eigenvalue weighted by molar-refractivity contribution is 5.76. The molecule has 2 heterocycles. The highest BCUT2D eigenvalue weighted by atomic mass is 16.5. The highest BCUT2D eigenvalue weighted by Gasteiger charge is 2.30. The smallest absolute Gasteiger partial charge is 0.218 e. The molecule has 1 aromatic heterocycles. The molecule has 28 heavy (non-hydrogen) atoms. The SMILES string of the molecule is Cc1ccccc1C1Cc2c(-c3ccccc3)cc(-c3ccccc3)nc2O1. The van der Waals surface area contributed by atoms with Crippen molar-refractivity contribution in [1.29, 1.82) is 0 Å². The maximum atomic E-state index is 6.39. The Hall–Kier alpha value is -3.39. The number of rotatable bonds is 3. The Morgan fingerprint density at radius 1 is 0.786 bits per heavy atom. The van der Waals surface area contributed by atoms with Crippen molar-refractivity contribution in [3.8, 4) is 28.3 Å². The van der Waals surface area contributed by atoms with Gasteiger partial charge in [-0.05, 0) is 35.2 Å². The van der Waals surface area contributed by atoms with Gasteiger partial charge in [0.15, 0.2) is 0 Å². The number of pyridine rings is 1. The van der Waals surface area contributed by atoms with Gasteiger partial charge in [0.25, 0.3) is 0 Å². The monoisotopic (exact) mass is 363 g/mol. The third kappa shape index (κ3) is 2.97. The van der Waals surface area contributed by atoms with E-state index in [1.54, 1.807) is 0 Å². The van der Waals surface area contributed by atoms with Crippen molar-refractivity contribution in [2.24, 2.45) is 0 Å². The second kappa shape index (κ2) is 6.97. The lowest BCUT2D eigenvalue weighted by molar-refractivity contribution is 0.230. The van der Waals surface area contributed by atoms with E-state index in [0.29, 0.717) is 0 Å². The standard InChI is InChI=1S/C26H21NO/c1-18-10-8-9-15-21(18)25-17-23-22(19-11-4-2-5-12-19)16-24(27-26(23)28-25)20-13-6-3-7-14-20/h2-16,25H,17H2,1H3. The van der Waals surface area contributed by atoms with Crippen LogP contribution >= 0.6 is 0 Å². The van der Waals surface area contributed by atoms with E-state index in [0.717, 1.165) is 23.6 Å².